The Morgan fingerprint density at radius 2 is 2.38 bits per heavy atom. The summed E-state index contributed by atoms with van der Waals surface area (Å²) in [4.78, 5) is 17.2. The largest absolute Gasteiger partial charge is 0.303 e. The van der Waals surface area contributed by atoms with Gasteiger partial charge in [0.25, 0.3) is 0 Å². The summed E-state index contributed by atoms with van der Waals surface area (Å²) in [7, 11) is 0. The Bertz CT molecular complexity index is 218. The lowest BCUT2D eigenvalue weighted by Crippen LogP contribution is -1.96. The minimum atomic E-state index is 0.675. The van der Waals surface area contributed by atoms with E-state index in [2.05, 4.69) is 14.7 Å². The number of aryl methyl sites for hydroxylation is 1. The predicted octanol–water partition coefficient (Wildman–Crippen LogP) is 1.19. The molecule has 0 saturated carbocycles. The second-order valence-electron chi connectivity index (χ2n) is 2.02. The monoisotopic (exact) mass is 199 g/mol. The number of hydrogen-bond acceptors (Lipinski definition) is 4. The van der Waals surface area contributed by atoms with Gasteiger partial charge in [-0.05, 0) is 6.92 Å². The van der Waals surface area contributed by atoms with Gasteiger partial charge in [-0.3, -0.25) is 14.8 Å². The van der Waals surface area contributed by atoms with Crippen LogP contribution in [0.15, 0.2) is 18.6 Å². The van der Waals surface area contributed by atoms with Gasteiger partial charge in [-0.15, -0.1) is 0 Å². The fraction of sp³-hybridized carbons (Fsp3) is 0.375. The van der Waals surface area contributed by atoms with Crippen LogP contribution in [0.3, 0.4) is 0 Å². The van der Waals surface area contributed by atoms with Crippen LogP contribution in [0.25, 0.3) is 0 Å². The molecule has 0 atom stereocenters. The number of nitrogens with one attached hydrogen (secondary N) is 1. The van der Waals surface area contributed by atoms with Crippen LogP contribution in [0.1, 0.15) is 12.6 Å². The molecule has 1 amide bonds. The molecule has 1 heterocycles. The van der Waals surface area contributed by atoms with Crippen LogP contribution in [-0.4, -0.2) is 22.1 Å². The third-order valence-corrected chi connectivity index (χ3v) is 1.52. The number of carbonyl (C=O) groups is 1. The third-order valence-electron chi connectivity index (χ3n) is 0.968. The summed E-state index contributed by atoms with van der Waals surface area (Å²) >= 11 is 1.39. The molecule has 0 saturated heterocycles. The van der Waals surface area contributed by atoms with E-state index in [1.165, 1.54) is 11.9 Å². The van der Waals surface area contributed by atoms with Crippen molar-refractivity contribution in [2.75, 3.05) is 5.75 Å². The van der Waals surface area contributed by atoms with Crippen molar-refractivity contribution >= 4 is 18.4 Å². The molecule has 1 aromatic rings. The van der Waals surface area contributed by atoms with Crippen molar-refractivity contribution in [3.63, 3.8) is 0 Å². The second kappa shape index (κ2) is 8.99. The Balaban J connectivity index is 0.000000226. The summed E-state index contributed by atoms with van der Waals surface area (Å²) in [5.74, 6) is 0.929. The molecule has 0 aromatic carbocycles. The van der Waals surface area contributed by atoms with Crippen LogP contribution in [0.4, 0.5) is 0 Å². The Morgan fingerprint density at radius 1 is 1.62 bits per heavy atom. The van der Waals surface area contributed by atoms with Crippen molar-refractivity contribution in [2.45, 2.75) is 13.8 Å². The molecule has 13 heavy (non-hydrogen) atoms. The normalized spacial score (nSPS) is 8.15. The van der Waals surface area contributed by atoms with Gasteiger partial charge in [0.1, 0.15) is 0 Å². The molecule has 0 aliphatic heterocycles. The van der Waals surface area contributed by atoms with Gasteiger partial charge in [0.05, 0.1) is 5.69 Å². The van der Waals surface area contributed by atoms with Gasteiger partial charge < -0.3 is 4.72 Å². The smallest absolute Gasteiger partial charge is 0.216 e. The second-order valence-corrected chi connectivity index (χ2v) is 3.12. The first-order chi connectivity index (χ1) is 6.31. The molecule has 0 fully saturated rings. The summed E-state index contributed by atoms with van der Waals surface area (Å²) in [6.07, 6.45) is 5.73. The maximum absolute atomic E-state index is 9.43. The first kappa shape index (κ1) is 11.9. The summed E-state index contributed by atoms with van der Waals surface area (Å²) in [6.45, 7) is 3.88. The third kappa shape index (κ3) is 8.81. The van der Waals surface area contributed by atoms with Crippen LogP contribution in [0.2, 0.25) is 0 Å². The molecule has 1 rings (SSSR count). The molecule has 0 radical (unpaired) electrons. The number of amides is 1. The molecule has 0 bridgehead atoms. The van der Waals surface area contributed by atoms with E-state index < -0.39 is 0 Å². The van der Waals surface area contributed by atoms with Crippen molar-refractivity contribution < 1.29 is 4.79 Å². The Hall–Kier alpha value is -1.10. The van der Waals surface area contributed by atoms with E-state index in [4.69, 9.17) is 0 Å². The van der Waals surface area contributed by atoms with E-state index in [0.29, 0.717) is 6.41 Å². The summed E-state index contributed by atoms with van der Waals surface area (Å²) in [6, 6.07) is 0. The zero-order chi connectivity index (χ0) is 9.94. The van der Waals surface area contributed by atoms with Gasteiger partial charge in [-0.25, -0.2) is 0 Å². The average molecular weight is 199 g/mol. The first-order valence-corrected chi connectivity index (χ1v) is 4.83. The van der Waals surface area contributed by atoms with Crippen LogP contribution >= 0.6 is 11.9 Å². The van der Waals surface area contributed by atoms with E-state index >= 15 is 0 Å². The summed E-state index contributed by atoms with van der Waals surface area (Å²) in [5.41, 5.74) is 0.961. The highest BCUT2D eigenvalue weighted by molar-refractivity contribution is 7.97. The molecule has 1 aromatic heterocycles. The Morgan fingerprint density at radius 3 is 2.62 bits per heavy atom. The highest BCUT2D eigenvalue weighted by atomic mass is 32.2. The van der Waals surface area contributed by atoms with Crippen LogP contribution in [0, 0.1) is 6.92 Å². The van der Waals surface area contributed by atoms with Crippen molar-refractivity contribution in [1.82, 2.24) is 14.7 Å². The van der Waals surface area contributed by atoms with Crippen LogP contribution in [0.5, 0.6) is 0 Å². The maximum Gasteiger partial charge on any atom is 0.216 e. The molecular weight excluding hydrogens is 186 g/mol. The lowest BCUT2D eigenvalue weighted by molar-refractivity contribution is -0.107. The Labute approximate surface area is 82.3 Å². The number of nitrogens with zero attached hydrogens (tertiary/aromatic N) is 2. The maximum atomic E-state index is 9.43. The highest BCUT2D eigenvalue weighted by Crippen LogP contribution is 1.84. The molecule has 4 nitrogen and oxygen atoms in total. The molecule has 0 spiro atoms. The first-order valence-electron chi connectivity index (χ1n) is 3.84. The van der Waals surface area contributed by atoms with E-state index in [1.807, 2.05) is 13.8 Å². The SMILES string of the molecule is CCSNC=O.Cc1cnccn1. The molecule has 1 N–H and O–H groups in total. The van der Waals surface area contributed by atoms with Crippen molar-refractivity contribution in [3.05, 3.63) is 24.3 Å². The van der Waals surface area contributed by atoms with Crippen molar-refractivity contribution in [2.24, 2.45) is 0 Å². The fourth-order valence-electron chi connectivity index (χ4n) is 0.491. The average Bonchev–Trinajstić information content (AvgIpc) is 2.17. The summed E-state index contributed by atoms with van der Waals surface area (Å²) in [5, 5.41) is 0. The molecule has 0 aliphatic rings. The van der Waals surface area contributed by atoms with Crippen LogP contribution < -0.4 is 4.72 Å². The molecule has 0 aliphatic carbocycles. The van der Waals surface area contributed by atoms with E-state index in [-0.39, 0.29) is 0 Å². The number of hydrogen-bond donors (Lipinski definition) is 1. The van der Waals surface area contributed by atoms with Gasteiger partial charge in [0.15, 0.2) is 0 Å². The fourth-order valence-corrected chi connectivity index (χ4v) is 0.726. The number of carbonyl (C=O) groups excluding carboxylic acids is 1. The predicted molar refractivity (Wildman–Crippen MR) is 54.1 cm³/mol. The quantitative estimate of drug-likeness (QED) is 0.451. The molecule has 72 valence electrons. The van der Waals surface area contributed by atoms with Gasteiger partial charge in [-0.1, -0.05) is 18.9 Å². The standard InChI is InChI=1S/C5H6N2.C3H7NOS/c1-5-4-6-2-3-7-5;1-2-6-4-3-5/h2-4H,1H3;3H,2H2,1H3,(H,4,5). The zero-order valence-corrected chi connectivity index (χ0v) is 8.54. The minimum Gasteiger partial charge on any atom is -0.303 e. The number of aromatic nitrogens is 2. The van der Waals surface area contributed by atoms with E-state index in [0.717, 1.165) is 11.4 Å². The van der Waals surface area contributed by atoms with Gasteiger partial charge in [0, 0.05) is 24.3 Å². The molecular formula is C8H13N3OS. The van der Waals surface area contributed by atoms with Crippen molar-refractivity contribution in [1.29, 1.82) is 0 Å². The van der Waals surface area contributed by atoms with Crippen molar-refractivity contribution in [3.8, 4) is 0 Å². The van der Waals surface area contributed by atoms with Gasteiger partial charge in [-0.2, -0.15) is 0 Å². The zero-order valence-electron chi connectivity index (χ0n) is 7.73. The lowest BCUT2D eigenvalue weighted by Gasteiger charge is -1.85. The van der Waals surface area contributed by atoms with E-state index in [1.54, 1.807) is 18.6 Å². The number of rotatable bonds is 3. The van der Waals surface area contributed by atoms with Gasteiger partial charge >= 0.3 is 0 Å². The molecule has 5 heteroatoms. The minimum absolute atomic E-state index is 0.675. The summed E-state index contributed by atoms with van der Waals surface area (Å²) < 4.78 is 2.43. The molecule has 0 unspecified atom stereocenters. The van der Waals surface area contributed by atoms with Crippen LogP contribution in [-0.2, 0) is 4.79 Å². The highest BCUT2D eigenvalue weighted by Gasteiger charge is 1.74. The lowest BCUT2D eigenvalue weighted by atomic mass is 10.5. The Kier molecular flexibility index (Phi) is 8.23. The van der Waals surface area contributed by atoms with Gasteiger partial charge in [0.2, 0.25) is 6.41 Å². The topological polar surface area (TPSA) is 54.9 Å². The van der Waals surface area contributed by atoms with E-state index in [9.17, 15) is 4.79 Å².